The molecule has 1 atom stereocenters. The Bertz CT molecular complexity index is 465. The predicted molar refractivity (Wildman–Crippen MR) is 76.9 cm³/mol. The molecule has 5 heteroatoms. The SMILES string of the molecule is [2H][C@@H](/C=C(\C)c1ccccc1)OP(=O)(OCC)OCC. The van der Waals surface area contributed by atoms with Crippen LogP contribution in [0.25, 0.3) is 5.57 Å². The van der Waals surface area contributed by atoms with Crippen molar-refractivity contribution in [3.8, 4) is 0 Å². The van der Waals surface area contributed by atoms with Crippen LogP contribution >= 0.6 is 7.82 Å². The van der Waals surface area contributed by atoms with Crippen LogP contribution in [0.15, 0.2) is 36.4 Å². The zero-order valence-electron chi connectivity index (χ0n) is 12.5. The molecule has 0 bridgehead atoms. The third-order valence-corrected chi connectivity index (χ3v) is 3.84. The van der Waals surface area contributed by atoms with Crippen LogP contribution in [0.4, 0.5) is 0 Å². The molecular weight excluding hydrogens is 263 g/mol. The van der Waals surface area contributed by atoms with E-state index in [1.165, 1.54) is 0 Å². The summed E-state index contributed by atoms with van der Waals surface area (Å²) in [4.78, 5) is 0. The molecule has 0 saturated heterocycles. The molecule has 1 aromatic rings. The summed E-state index contributed by atoms with van der Waals surface area (Å²) < 4.78 is 35.1. The molecular formula is C14H21O4P. The highest BCUT2D eigenvalue weighted by Crippen LogP contribution is 2.49. The van der Waals surface area contributed by atoms with Gasteiger partial charge in [-0.25, -0.2) is 4.57 Å². The van der Waals surface area contributed by atoms with Crippen molar-refractivity contribution in [2.45, 2.75) is 20.8 Å². The molecule has 0 aliphatic heterocycles. The minimum Gasteiger partial charge on any atom is -0.287 e. The Balaban J connectivity index is 2.75. The lowest BCUT2D eigenvalue weighted by molar-refractivity contribution is 0.131. The second kappa shape index (κ2) is 8.28. The van der Waals surface area contributed by atoms with Gasteiger partial charge < -0.3 is 0 Å². The maximum absolute atomic E-state index is 12.1. The number of hydrogen-bond acceptors (Lipinski definition) is 4. The normalized spacial score (nSPS) is 15.1. The van der Waals surface area contributed by atoms with E-state index in [1.54, 1.807) is 19.9 Å². The molecule has 106 valence electrons. The highest BCUT2D eigenvalue weighted by Gasteiger charge is 2.24. The largest absolute Gasteiger partial charge is 0.475 e. The van der Waals surface area contributed by atoms with Gasteiger partial charge in [0.15, 0.2) is 0 Å². The van der Waals surface area contributed by atoms with Gasteiger partial charge in [0, 0.05) is 0 Å². The Morgan fingerprint density at radius 3 is 2.32 bits per heavy atom. The summed E-state index contributed by atoms with van der Waals surface area (Å²) in [5.41, 5.74) is 1.85. The van der Waals surface area contributed by atoms with E-state index < -0.39 is 14.4 Å². The first-order valence-electron chi connectivity index (χ1n) is 6.82. The Hall–Kier alpha value is -0.930. The summed E-state index contributed by atoms with van der Waals surface area (Å²) in [6.07, 6.45) is 1.57. The second-order valence-electron chi connectivity index (χ2n) is 3.74. The van der Waals surface area contributed by atoms with Gasteiger partial charge in [-0.3, -0.25) is 13.6 Å². The van der Waals surface area contributed by atoms with Gasteiger partial charge in [-0.05, 0) is 31.9 Å². The van der Waals surface area contributed by atoms with E-state index in [-0.39, 0.29) is 13.2 Å². The Kier molecular flexibility index (Phi) is 6.31. The van der Waals surface area contributed by atoms with Crippen LogP contribution < -0.4 is 0 Å². The fourth-order valence-electron chi connectivity index (χ4n) is 1.42. The first kappa shape index (κ1) is 14.5. The first-order valence-corrected chi connectivity index (χ1v) is 7.70. The fourth-order valence-corrected chi connectivity index (χ4v) is 2.46. The molecule has 0 fully saturated rings. The van der Waals surface area contributed by atoms with Crippen LogP contribution in [-0.4, -0.2) is 19.8 Å². The first-order chi connectivity index (χ1) is 9.50. The lowest BCUT2D eigenvalue weighted by Gasteiger charge is -2.15. The zero-order chi connectivity index (χ0) is 15.0. The van der Waals surface area contributed by atoms with Crippen molar-refractivity contribution in [1.29, 1.82) is 0 Å². The molecule has 4 nitrogen and oxygen atoms in total. The Morgan fingerprint density at radius 2 is 1.79 bits per heavy atom. The maximum atomic E-state index is 12.1. The summed E-state index contributed by atoms with van der Waals surface area (Å²) >= 11 is 0. The van der Waals surface area contributed by atoms with Gasteiger partial charge in [0.2, 0.25) is 0 Å². The van der Waals surface area contributed by atoms with Crippen molar-refractivity contribution in [2.75, 3.05) is 19.8 Å². The third kappa shape index (κ3) is 5.70. The summed E-state index contributed by atoms with van der Waals surface area (Å²) in [5.74, 6) is 0. The van der Waals surface area contributed by atoms with Crippen LogP contribution in [0.3, 0.4) is 0 Å². The minimum atomic E-state index is -3.66. The smallest absolute Gasteiger partial charge is 0.287 e. The monoisotopic (exact) mass is 285 g/mol. The molecule has 19 heavy (non-hydrogen) atoms. The van der Waals surface area contributed by atoms with Crippen molar-refractivity contribution in [3.05, 3.63) is 42.0 Å². The van der Waals surface area contributed by atoms with Gasteiger partial charge in [0.25, 0.3) is 0 Å². The minimum absolute atomic E-state index is 0.200. The summed E-state index contributed by atoms with van der Waals surface area (Å²) in [5, 5.41) is 0. The van der Waals surface area contributed by atoms with Crippen LogP contribution in [0, 0.1) is 0 Å². The number of hydrogen-bond donors (Lipinski definition) is 0. The lowest BCUT2D eigenvalue weighted by Crippen LogP contribution is -2.00. The molecule has 0 aromatic heterocycles. The van der Waals surface area contributed by atoms with E-state index in [0.29, 0.717) is 0 Å². The average Bonchev–Trinajstić information content (AvgIpc) is 2.39. The molecule has 0 aliphatic carbocycles. The molecule has 0 heterocycles. The van der Waals surface area contributed by atoms with Gasteiger partial charge >= 0.3 is 7.82 Å². The standard InChI is InChI=1S/C14H21O4P/c1-4-16-19(15,17-5-2)18-12-11-13(3)14-9-7-6-8-10-14/h6-11H,4-5,12H2,1-3H3/b13-11+/i12D/t12-/m0/s1. The quantitative estimate of drug-likeness (QED) is 0.668. The van der Waals surface area contributed by atoms with Crippen molar-refractivity contribution in [1.82, 2.24) is 0 Å². The number of phosphoric acid groups is 1. The van der Waals surface area contributed by atoms with Crippen LogP contribution in [0.5, 0.6) is 0 Å². The van der Waals surface area contributed by atoms with E-state index in [2.05, 4.69) is 0 Å². The number of phosphoric ester groups is 1. The molecule has 0 N–H and O–H groups in total. The summed E-state index contributed by atoms with van der Waals surface area (Å²) in [6.45, 7) is 4.54. The number of benzene rings is 1. The van der Waals surface area contributed by atoms with E-state index in [1.807, 2.05) is 37.3 Å². The van der Waals surface area contributed by atoms with Crippen LogP contribution in [0.1, 0.15) is 27.7 Å². The molecule has 0 amide bonds. The van der Waals surface area contributed by atoms with Crippen molar-refractivity contribution in [2.24, 2.45) is 0 Å². The van der Waals surface area contributed by atoms with Crippen molar-refractivity contribution < 1.29 is 19.5 Å². The van der Waals surface area contributed by atoms with Gasteiger partial charge in [-0.2, -0.15) is 0 Å². The summed E-state index contributed by atoms with van der Waals surface area (Å²) in [6, 6.07) is 9.62. The Morgan fingerprint density at radius 1 is 1.21 bits per heavy atom. The van der Waals surface area contributed by atoms with Crippen molar-refractivity contribution in [3.63, 3.8) is 0 Å². The van der Waals surface area contributed by atoms with Crippen LogP contribution in [0.2, 0.25) is 0 Å². The lowest BCUT2D eigenvalue weighted by atomic mass is 10.1. The van der Waals surface area contributed by atoms with Gasteiger partial charge in [-0.15, -0.1) is 0 Å². The summed E-state index contributed by atoms with van der Waals surface area (Å²) in [7, 11) is -3.66. The molecule has 1 aromatic carbocycles. The molecule has 0 spiro atoms. The molecule has 1 rings (SSSR count). The number of allylic oxidation sites excluding steroid dienone is 1. The third-order valence-electron chi connectivity index (χ3n) is 2.31. The Labute approximate surface area is 116 Å². The fraction of sp³-hybridized carbons (Fsp3) is 0.429. The topological polar surface area (TPSA) is 44.8 Å². The molecule has 0 saturated carbocycles. The second-order valence-corrected chi connectivity index (χ2v) is 5.36. The van der Waals surface area contributed by atoms with E-state index >= 15 is 0 Å². The molecule has 0 aliphatic rings. The number of rotatable bonds is 8. The van der Waals surface area contributed by atoms with Gasteiger partial charge in [-0.1, -0.05) is 36.4 Å². The highest BCUT2D eigenvalue weighted by atomic mass is 31.2. The van der Waals surface area contributed by atoms with Gasteiger partial charge in [0.05, 0.1) is 21.2 Å². The van der Waals surface area contributed by atoms with Crippen molar-refractivity contribution >= 4 is 13.4 Å². The zero-order valence-corrected chi connectivity index (χ0v) is 12.4. The molecule has 0 unspecified atom stereocenters. The van der Waals surface area contributed by atoms with E-state index in [9.17, 15) is 4.57 Å². The van der Waals surface area contributed by atoms with Crippen LogP contribution in [-0.2, 0) is 18.1 Å². The maximum Gasteiger partial charge on any atom is 0.475 e. The average molecular weight is 285 g/mol. The van der Waals surface area contributed by atoms with E-state index in [0.717, 1.165) is 11.1 Å². The van der Waals surface area contributed by atoms with E-state index in [4.69, 9.17) is 14.9 Å². The molecule has 0 radical (unpaired) electrons. The predicted octanol–water partition coefficient (Wildman–Crippen LogP) is 4.29. The highest BCUT2D eigenvalue weighted by molar-refractivity contribution is 7.48. The van der Waals surface area contributed by atoms with Gasteiger partial charge in [0.1, 0.15) is 0 Å².